The number of hydrogen-bond acceptors (Lipinski definition) is 3. The van der Waals surface area contributed by atoms with E-state index in [1.165, 1.54) is 16.1 Å². The number of carbonyl (C=O) groups is 1. The van der Waals surface area contributed by atoms with Gasteiger partial charge in [0.15, 0.2) is 0 Å². The standard InChI is InChI=1S/C20H24N2OS/c1-5-22-8-9-24-18-7-6-16(12-17(18)22)20(23)21-19-14(3)10-13(2)11-15(19)4/h6-7,10-12H,5,8-9H2,1-4H3,(H,21,23). The van der Waals surface area contributed by atoms with Gasteiger partial charge < -0.3 is 10.2 Å². The zero-order valence-electron chi connectivity index (χ0n) is 14.8. The lowest BCUT2D eigenvalue weighted by Crippen LogP contribution is -2.29. The number of rotatable bonds is 3. The van der Waals surface area contributed by atoms with Crippen LogP contribution in [0, 0.1) is 20.8 Å². The van der Waals surface area contributed by atoms with Crippen molar-refractivity contribution >= 4 is 29.0 Å². The summed E-state index contributed by atoms with van der Waals surface area (Å²) >= 11 is 1.87. The van der Waals surface area contributed by atoms with E-state index in [1.807, 2.05) is 37.7 Å². The van der Waals surface area contributed by atoms with Gasteiger partial charge in [0.2, 0.25) is 0 Å². The van der Waals surface area contributed by atoms with Crippen LogP contribution in [0.4, 0.5) is 11.4 Å². The molecule has 0 saturated heterocycles. The second-order valence-electron chi connectivity index (χ2n) is 6.34. The molecule has 0 radical (unpaired) electrons. The third-order valence-corrected chi connectivity index (χ3v) is 5.52. The van der Waals surface area contributed by atoms with Crippen molar-refractivity contribution in [3.63, 3.8) is 0 Å². The maximum atomic E-state index is 12.7. The highest BCUT2D eigenvalue weighted by molar-refractivity contribution is 7.99. The summed E-state index contributed by atoms with van der Waals surface area (Å²) in [5, 5.41) is 3.10. The largest absolute Gasteiger partial charge is 0.370 e. The second-order valence-corrected chi connectivity index (χ2v) is 7.48. The van der Waals surface area contributed by atoms with E-state index in [1.54, 1.807) is 0 Å². The maximum Gasteiger partial charge on any atom is 0.255 e. The lowest BCUT2D eigenvalue weighted by Gasteiger charge is -2.30. The molecule has 0 aliphatic carbocycles. The number of nitrogens with zero attached hydrogens (tertiary/aromatic N) is 1. The number of fused-ring (bicyclic) bond motifs is 1. The average molecular weight is 340 g/mol. The maximum absolute atomic E-state index is 12.7. The fraction of sp³-hybridized carbons (Fsp3) is 0.350. The van der Waals surface area contributed by atoms with Crippen molar-refractivity contribution in [3.8, 4) is 0 Å². The van der Waals surface area contributed by atoms with E-state index in [0.29, 0.717) is 5.56 Å². The van der Waals surface area contributed by atoms with Crippen molar-refractivity contribution in [3.05, 3.63) is 52.6 Å². The van der Waals surface area contributed by atoms with Crippen LogP contribution in [0.15, 0.2) is 35.2 Å². The third-order valence-electron chi connectivity index (χ3n) is 4.48. The smallest absolute Gasteiger partial charge is 0.255 e. The van der Waals surface area contributed by atoms with Crippen molar-refractivity contribution in [2.75, 3.05) is 29.1 Å². The van der Waals surface area contributed by atoms with Gasteiger partial charge in [-0.25, -0.2) is 0 Å². The lowest BCUT2D eigenvalue weighted by atomic mass is 10.0. The Kier molecular flexibility index (Phi) is 4.86. The van der Waals surface area contributed by atoms with E-state index in [-0.39, 0.29) is 5.91 Å². The number of thioether (sulfide) groups is 1. The Bertz CT molecular complexity index is 762. The quantitative estimate of drug-likeness (QED) is 0.871. The molecule has 0 spiro atoms. The Morgan fingerprint density at radius 2 is 1.88 bits per heavy atom. The minimum absolute atomic E-state index is 0.0421. The molecule has 4 heteroatoms. The second kappa shape index (κ2) is 6.89. The van der Waals surface area contributed by atoms with Crippen molar-refractivity contribution in [2.45, 2.75) is 32.6 Å². The summed E-state index contributed by atoms with van der Waals surface area (Å²) in [5.41, 5.74) is 6.24. The molecule has 2 aromatic rings. The highest BCUT2D eigenvalue weighted by Crippen LogP contribution is 2.35. The van der Waals surface area contributed by atoms with Gasteiger partial charge >= 0.3 is 0 Å². The first-order valence-electron chi connectivity index (χ1n) is 8.40. The molecule has 1 heterocycles. The Labute approximate surface area is 148 Å². The minimum atomic E-state index is -0.0421. The number of anilines is 2. The van der Waals surface area contributed by atoms with E-state index in [4.69, 9.17) is 0 Å². The predicted octanol–water partition coefficient (Wildman–Crippen LogP) is 4.80. The topological polar surface area (TPSA) is 32.3 Å². The molecule has 126 valence electrons. The molecule has 0 bridgehead atoms. The van der Waals surface area contributed by atoms with Gasteiger partial charge in [0.1, 0.15) is 0 Å². The normalized spacial score (nSPS) is 13.6. The summed E-state index contributed by atoms with van der Waals surface area (Å²) in [6.45, 7) is 10.3. The van der Waals surface area contributed by atoms with Crippen molar-refractivity contribution < 1.29 is 4.79 Å². The molecule has 1 aliphatic heterocycles. The Morgan fingerprint density at radius 3 is 2.54 bits per heavy atom. The van der Waals surface area contributed by atoms with Gasteiger partial charge in [-0.15, -0.1) is 11.8 Å². The number of amides is 1. The van der Waals surface area contributed by atoms with Crippen LogP contribution in [-0.2, 0) is 0 Å². The molecule has 0 unspecified atom stereocenters. The monoisotopic (exact) mass is 340 g/mol. The molecule has 2 aromatic carbocycles. The molecule has 3 nitrogen and oxygen atoms in total. The van der Waals surface area contributed by atoms with Gasteiger partial charge in [-0.1, -0.05) is 17.7 Å². The number of nitrogens with one attached hydrogen (secondary N) is 1. The van der Waals surface area contributed by atoms with Crippen LogP contribution in [0.2, 0.25) is 0 Å². The van der Waals surface area contributed by atoms with Gasteiger partial charge in [0.25, 0.3) is 5.91 Å². The van der Waals surface area contributed by atoms with Crippen molar-refractivity contribution in [2.24, 2.45) is 0 Å². The van der Waals surface area contributed by atoms with Crippen LogP contribution in [-0.4, -0.2) is 24.7 Å². The van der Waals surface area contributed by atoms with Crippen LogP contribution < -0.4 is 10.2 Å². The molecule has 0 aromatic heterocycles. The van der Waals surface area contributed by atoms with E-state index in [0.717, 1.165) is 35.7 Å². The lowest BCUT2D eigenvalue weighted by molar-refractivity contribution is 0.102. The summed E-state index contributed by atoms with van der Waals surface area (Å²) in [4.78, 5) is 16.4. The summed E-state index contributed by atoms with van der Waals surface area (Å²) in [6.07, 6.45) is 0. The minimum Gasteiger partial charge on any atom is -0.370 e. The van der Waals surface area contributed by atoms with Gasteiger partial charge in [-0.05, 0) is 57.0 Å². The average Bonchev–Trinajstić information content (AvgIpc) is 2.56. The molecular weight excluding hydrogens is 316 g/mol. The summed E-state index contributed by atoms with van der Waals surface area (Å²) in [7, 11) is 0. The van der Waals surface area contributed by atoms with Crippen LogP contribution in [0.25, 0.3) is 0 Å². The summed E-state index contributed by atoms with van der Waals surface area (Å²) in [6, 6.07) is 10.2. The van der Waals surface area contributed by atoms with Crippen LogP contribution in [0.1, 0.15) is 34.0 Å². The fourth-order valence-corrected chi connectivity index (χ4v) is 4.34. The van der Waals surface area contributed by atoms with Gasteiger partial charge in [-0.2, -0.15) is 0 Å². The van der Waals surface area contributed by atoms with E-state index < -0.39 is 0 Å². The van der Waals surface area contributed by atoms with Crippen molar-refractivity contribution in [1.82, 2.24) is 0 Å². The molecule has 1 aliphatic rings. The van der Waals surface area contributed by atoms with Crippen LogP contribution in [0.5, 0.6) is 0 Å². The predicted molar refractivity (Wildman–Crippen MR) is 104 cm³/mol. The zero-order valence-corrected chi connectivity index (χ0v) is 15.6. The molecule has 0 saturated carbocycles. The highest BCUT2D eigenvalue weighted by Gasteiger charge is 2.19. The summed E-state index contributed by atoms with van der Waals surface area (Å²) < 4.78 is 0. The highest BCUT2D eigenvalue weighted by atomic mass is 32.2. The zero-order chi connectivity index (χ0) is 17.3. The first kappa shape index (κ1) is 16.9. The Balaban J connectivity index is 1.89. The first-order valence-corrected chi connectivity index (χ1v) is 9.39. The van der Waals surface area contributed by atoms with Gasteiger partial charge in [-0.3, -0.25) is 4.79 Å². The molecule has 1 N–H and O–H groups in total. The number of aryl methyl sites for hydroxylation is 3. The number of carbonyl (C=O) groups excluding carboxylic acids is 1. The fourth-order valence-electron chi connectivity index (χ4n) is 3.31. The first-order chi connectivity index (χ1) is 11.5. The molecule has 0 atom stereocenters. The van der Waals surface area contributed by atoms with Crippen LogP contribution in [0.3, 0.4) is 0 Å². The molecular formula is C20H24N2OS. The van der Waals surface area contributed by atoms with E-state index in [9.17, 15) is 4.79 Å². The molecule has 24 heavy (non-hydrogen) atoms. The van der Waals surface area contributed by atoms with E-state index >= 15 is 0 Å². The Morgan fingerprint density at radius 1 is 1.17 bits per heavy atom. The molecule has 0 fully saturated rings. The summed E-state index contributed by atoms with van der Waals surface area (Å²) in [5.74, 6) is 1.06. The van der Waals surface area contributed by atoms with Crippen molar-refractivity contribution in [1.29, 1.82) is 0 Å². The van der Waals surface area contributed by atoms with Gasteiger partial charge in [0, 0.05) is 35.0 Å². The SMILES string of the molecule is CCN1CCSc2ccc(C(=O)Nc3c(C)cc(C)cc3C)cc21. The molecule has 1 amide bonds. The van der Waals surface area contributed by atoms with Crippen LogP contribution >= 0.6 is 11.8 Å². The van der Waals surface area contributed by atoms with E-state index in [2.05, 4.69) is 42.3 Å². The number of benzene rings is 2. The third kappa shape index (κ3) is 3.29. The van der Waals surface area contributed by atoms with Gasteiger partial charge in [0.05, 0.1) is 5.69 Å². The molecule has 3 rings (SSSR count). The Hall–Kier alpha value is -1.94. The number of hydrogen-bond donors (Lipinski definition) is 1.